The molecule has 0 bridgehead atoms. The summed E-state index contributed by atoms with van der Waals surface area (Å²) in [6.45, 7) is 2.25. The van der Waals surface area contributed by atoms with Gasteiger partial charge in [0.05, 0.1) is 7.11 Å². The Hall–Kier alpha value is -2.84. The number of hydrogen-bond donors (Lipinski definition) is 1. The van der Waals surface area contributed by atoms with Crippen molar-refractivity contribution < 1.29 is 4.74 Å². The topological polar surface area (TPSA) is 21.3 Å². The molecule has 0 saturated heterocycles. The number of allylic oxidation sites excluding steroid dienone is 1. The summed E-state index contributed by atoms with van der Waals surface area (Å²) in [6.07, 6.45) is 6.00. The molecular weight excluding hydrogens is 378 g/mol. The van der Waals surface area contributed by atoms with E-state index in [1.807, 2.05) is 0 Å². The Morgan fingerprint density at radius 3 is 2.42 bits per heavy atom. The number of benzene rings is 3. The summed E-state index contributed by atoms with van der Waals surface area (Å²) in [5.74, 6) is 1.88. The van der Waals surface area contributed by atoms with E-state index in [1.165, 1.54) is 58.3 Å². The Morgan fingerprint density at radius 1 is 0.871 bits per heavy atom. The van der Waals surface area contributed by atoms with Crippen LogP contribution in [0.25, 0.3) is 11.1 Å². The van der Waals surface area contributed by atoms with E-state index in [1.54, 1.807) is 7.11 Å². The monoisotopic (exact) mass is 409 g/mol. The molecule has 31 heavy (non-hydrogen) atoms. The Bertz CT molecular complexity index is 1060. The first-order valence-corrected chi connectivity index (χ1v) is 11.6. The van der Waals surface area contributed by atoms with Crippen molar-refractivity contribution in [2.24, 2.45) is 5.92 Å². The second kappa shape index (κ2) is 9.11. The smallest absolute Gasteiger partial charge is 0.119 e. The molecule has 5 rings (SSSR count). The molecular formula is C29H31NO. The zero-order valence-corrected chi connectivity index (χ0v) is 18.4. The molecule has 1 N–H and O–H groups in total. The van der Waals surface area contributed by atoms with Crippen LogP contribution < -0.4 is 10.1 Å². The van der Waals surface area contributed by atoms with Gasteiger partial charge in [-0.2, -0.15) is 0 Å². The van der Waals surface area contributed by atoms with Crippen LogP contribution in [0.4, 0.5) is 0 Å². The number of nitrogens with one attached hydrogen (secondary N) is 1. The van der Waals surface area contributed by atoms with E-state index in [9.17, 15) is 0 Å². The highest BCUT2D eigenvalue weighted by Crippen LogP contribution is 2.41. The van der Waals surface area contributed by atoms with Crippen LogP contribution in [0.5, 0.6) is 5.75 Å². The molecule has 3 aromatic rings. The standard InChI is InChI=1S/C29H31NO/c1-31-26-14-16-28-25(19-26)13-15-27(23-5-3-2-4-6-23)29(28)24-11-9-21(10-12-24)17-18-30-20-22-7-8-22/h2-6,9-12,14,16,19,22,30H,7-8,13,15,17-18,20H2,1H3. The molecule has 1 fully saturated rings. The summed E-state index contributed by atoms with van der Waals surface area (Å²) in [6, 6.07) is 26.6. The maximum Gasteiger partial charge on any atom is 0.119 e. The first kappa shape index (κ1) is 20.1. The molecule has 0 aliphatic heterocycles. The number of ether oxygens (including phenoxy) is 1. The van der Waals surface area contributed by atoms with Gasteiger partial charge < -0.3 is 10.1 Å². The lowest BCUT2D eigenvalue weighted by Gasteiger charge is -2.25. The first-order chi connectivity index (χ1) is 15.3. The van der Waals surface area contributed by atoms with Gasteiger partial charge in [0.2, 0.25) is 0 Å². The third-order valence-corrected chi connectivity index (χ3v) is 6.61. The Labute approximate surface area is 186 Å². The number of rotatable bonds is 8. The molecule has 3 aromatic carbocycles. The van der Waals surface area contributed by atoms with Crippen LogP contribution in [-0.2, 0) is 12.8 Å². The highest BCUT2D eigenvalue weighted by atomic mass is 16.5. The van der Waals surface area contributed by atoms with Gasteiger partial charge in [-0.3, -0.25) is 0 Å². The predicted molar refractivity (Wildman–Crippen MR) is 129 cm³/mol. The Balaban J connectivity index is 1.46. The van der Waals surface area contributed by atoms with Crippen molar-refractivity contribution in [3.63, 3.8) is 0 Å². The van der Waals surface area contributed by atoms with Gasteiger partial charge in [-0.05, 0) is 102 Å². The van der Waals surface area contributed by atoms with Crippen LogP contribution in [0, 0.1) is 5.92 Å². The van der Waals surface area contributed by atoms with E-state index in [0.29, 0.717) is 0 Å². The van der Waals surface area contributed by atoms with Gasteiger partial charge in [-0.1, -0.05) is 60.7 Å². The summed E-state index contributed by atoms with van der Waals surface area (Å²) in [5.41, 5.74) is 9.56. The minimum atomic E-state index is 0.940. The molecule has 2 aliphatic carbocycles. The lowest BCUT2D eigenvalue weighted by Crippen LogP contribution is -2.19. The van der Waals surface area contributed by atoms with E-state index in [2.05, 4.69) is 78.1 Å². The predicted octanol–water partition coefficient (Wildman–Crippen LogP) is 6.14. The average molecular weight is 410 g/mol. The van der Waals surface area contributed by atoms with Crippen LogP contribution in [0.1, 0.15) is 47.1 Å². The highest BCUT2D eigenvalue weighted by molar-refractivity contribution is 6.00. The minimum Gasteiger partial charge on any atom is -0.497 e. The highest BCUT2D eigenvalue weighted by Gasteiger charge is 2.22. The van der Waals surface area contributed by atoms with E-state index in [4.69, 9.17) is 4.74 Å². The first-order valence-electron chi connectivity index (χ1n) is 11.6. The van der Waals surface area contributed by atoms with Gasteiger partial charge >= 0.3 is 0 Å². The maximum atomic E-state index is 5.49. The maximum absolute atomic E-state index is 5.49. The van der Waals surface area contributed by atoms with E-state index in [-0.39, 0.29) is 0 Å². The van der Waals surface area contributed by atoms with Crippen molar-refractivity contribution in [1.82, 2.24) is 5.32 Å². The van der Waals surface area contributed by atoms with Crippen LogP contribution in [-0.4, -0.2) is 20.2 Å². The molecule has 2 aliphatic rings. The third kappa shape index (κ3) is 4.60. The van der Waals surface area contributed by atoms with Gasteiger partial charge in [-0.15, -0.1) is 0 Å². The van der Waals surface area contributed by atoms with Gasteiger partial charge in [0.15, 0.2) is 0 Å². The largest absolute Gasteiger partial charge is 0.497 e. The van der Waals surface area contributed by atoms with Crippen molar-refractivity contribution in [2.45, 2.75) is 32.1 Å². The van der Waals surface area contributed by atoms with Gasteiger partial charge in [0.1, 0.15) is 5.75 Å². The fourth-order valence-electron chi connectivity index (χ4n) is 4.65. The molecule has 1 saturated carbocycles. The summed E-state index contributed by atoms with van der Waals surface area (Å²) < 4.78 is 5.49. The number of methoxy groups -OCH3 is 1. The van der Waals surface area contributed by atoms with Gasteiger partial charge in [-0.25, -0.2) is 0 Å². The molecule has 0 spiro atoms. The zero-order valence-electron chi connectivity index (χ0n) is 18.4. The molecule has 0 heterocycles. The molecule has 2 nitrogen and oxygen atoms in total. The molecule has 0 aromatic heterocycles. The van der Waals surface area contributed by atoms with Crippen LogP contribution in [0.15, 0.2) is 72.8 Å². The third-order valence-electron chi connectivity index (χ3n) is 6.61. The Morgan fingerprint density at radius 2 is 1.68 bits per heavy atom. The lowest BCUT2D eigenvalue weighted by atomic mass is 9.79. The second-order valence-corrected chi connectivity index (χ2v) is 8.84. The van der Waals surface area contributed by atoms with E-state index >= 15 is 0 Å². The molecule has 158 valence electrons. The van der Waals surface area contributed by atoms with Gasteiger partial charge in [0, 0.05) is 0 Å². The zero-order chi connectivity index (χ0) is 21.0. The molecule has 2 heteroatoms. The van der Waals surface area contributed by atoms with Crippen LogP contribution in [0.3, 0.4) is 0 Å². The normalized spacial score (nSPS) is 15.6. The van der Waals surface area contributed by atoms with E-state index in [0.717, 1.165) is 37.5 Å². The van der Waals surface area contributed by atoms with Crippen LogP contribution in [0.2, 0.25) is 0 Å². The fourth-order valence-corrected chi connectivity index (χ4v) is 4.65. The quantitative estimate of drug-likeness (QED) is 0.451. The molecule has 0 atom stereocenters. The number of fused-ring (bicyclic) bond motifs is 1. The number of aryl methyl sites for hydroxylation is 1. The van der Waals surface area contributed by atoms with Crippen molar-refractivity contribution in [2.75, 3.05) is 20.2 Å². The van der Waals surface area contributed by atoms with Crippen molar-refractivity contribution >= 4 is 11.1 Å². The van der Waals surface area contributed by atoms with Gasteiger partial charge in [0.25, 0.3) is 0 Å². The summed E-state index contributed by atoms with van der Waals surface area (Å²) in [7, 11) is 1.74. The van der Waals surface area contributed by atoms with Crippen molar-refractivity contribution in [3.8, 4) is 5.75 Å². The lowest BCUT2D eigenvalue weighted by molar-refractivity contribution is 0.414. The van der Waals surface area contributed by atoms with Crippen molar-refractivity contribution in [1.29, 1.82) is 0 Å². The number of hydrogen-bond acceptors (Lipinski definition) is 2. The summed E-state index contributed by atoms with van der Waals surface area (Å²) in [4.78, 5) is 0. The fraction of sp³-hybridized carbons (Fsp3) is 0.310. The molecule has 0 amide bonds. The van der Waals surface area contributed by atoms with E-state index < -0.39 is 0 Å². The second-order valence-electron chi connectivity index (χ2n) is 8.84. The van der Waals surface area contributed by atoms with Crippen molar-refractivity contribution in [3.05, 3.63) is 101 Å². The SMILES string of the molecule is COc1ccc2c(c1)CCC(c1ccccc1)=C2c1ccc(CCNCC2CC2)cc1. The Kier molecular flexibility index (Phi) is 5.90. The minimum absolute atomic E-state index is 0.940. The molecule has 0 unspecified atom stereocenters. The average Bonchev–Trinajstić information content (AvgIpc) is 3.66. The van der Waals surface area contributed by atoms with Crippen LogP contribution >= 0.6 is 0 Å². The molecule has 0 radical (unpaired) electrons. The summed E-state index contributed by atoms with van der Waals surface area (Å²) >= 11 is 0. The summed E-state index contributed by atoms with van der Waals surface area (Å²) in [5, 5.41) is 3.60.